The molecule has 2 N–H and O–H groups in total. The number of carbonyl (C=O) groups excluding carboxylic acids is 1. The molecule has 0 heterocycles. The highest BCUT2D eigenvalue weighted by Gasteiger charge is 2.08. The Balaban J connectivity index is 0.000000461. The van der Waals surface area contributed by atoms with Crippen LogP contribution in [0.2, 0.25) is 0 Å². The molecule has 4 rings (SSSR count). The van der Waals surface area contributed by atoms with Crippen molar-refractivity contribution >= 4 is 39.6 Å². The number of fused-ring (bicyclic) bond motifs is 2. The normalized spacial score (nSPS) is 10.2. The summed E-state index contributed by atoms with van der Waals surface area (Å²) >= 11 is 0. The lowest BCUT2D eigenvalue weighted by Crippen LogP contribution is -2.06. The number of nitrogens with one attached hydrogen (secondary N) is 1. The monoisotopic (exact) mass is 400 g/mol. The number of amides is 1. The number of carboxylic acid groups (broad SMARTS) is 1. The maximum Gasteiger partial charge on any atom is 0.335 e. The first-order valence-corrected chi connectivity index (χ1v) is 9.58. The number of aromatic carboxylic acids is 1. The first-order valence-electron chi connectivity index (χ1n) is 9.58. The predicted molar refractivity (Wildman–Crippen MR) is 122 cm³/mol. The summed E-state index contributed by atoms with van der Waals surface area (Å²) in [4.78, 5) is 21.8. The fourth-order valence-corrected chi connectivity index (χ4v) is 3.22. The standard InChI is InChI=1S/C22H17NO2.C3H7NO/c24-22(25)15-9-11-18(12-10-15)23-14-21-19-7-3-1-5-16(19)13-17-6-2-4-8-20(17)21;1-4(2)3-5/h1-13,23H,14H2,(H,24,25);3H,1-2H3. The number of nitrogens with zero attached hydrogens (tertiary/aromatic N) is 1. The number of anilines is 1. The van der Waals surface area contributed by atoms with Gasteiger partial charge in [0.1, 0.15) is 0 Å². The minimum absolute atomic E-state index is 0.293. The van der Waals surface area contributed by atoms with Crippen LogP contribution in [0.1, 0.15) is 15.9 Å². The van der Waals surface area contributed by atoms with Gasteiger partial charge in [0.25, 0.3) is 0 Å². The average Bonchev–Trinajstić information content (AvgIpc) is 2.77. The van der Waals surface area contributed by atoms with Crippen LogP contribution >= 0.6 is 0 Å². The summed E-state index contributed by atoms with van der Waals surface area (Å²) in [5, 5.41) is 17.3. The van der Waals surface area contributed by atoms with Crippen LogP contribution < -0.4 is 5.32 Å². The van der Waals surface area contributed by atoms with Gasteiger partial charge in [-0.25, -0.2) is 4.79 Å². The molecule has 0 aliphatic heterocycles. The highest BCUT2D eigenvalue weighted by molar-refractivity contribution is 6.02. The van der Waals surface area contributed by atoms with Crippen LogP contribution in [0.15, 0.2) is 78.9 Å². The molecule has 0 aliphatic carbocycles. The lowest BCUT2D eigenvalue weighted by Gasteiger charge is -2.13. The summed E-state index contributed by atoms with van der Waals surface area (Å²) in [5.74, 6) is -0.911. The van der Waals surface area contributed by atoms with Gasteiger partial charge in [0.15, 0.2) is 0 Å². The Morgan fingerprint density at radius 2 is 1.40 bits per heavy atom. The first-order chi connectivity index (χ1) is 14.5. The molecule has 0 spiro atoms. The van der Waals surface area contributed by atoms with Crippen molar-refractivity contribution in [3.8, 4) is 0 Å². The highest BCUT2D eigenvalue weighted by atomic mass is 16.4. The number of benzene rings is 4. The topological polar surface area (TPSA) is 69.6 Å². The lowest BCUT2D eigenvalue weighted by atomic mass is 9.96. The molecule has 0 saturated carbocycles. The molecule has 0 unspecified atom stereocenters. The number of rotatable bonds is 5. The van der Waals surface area contributed by atoms with Crippen molar-refractivity contribution in [2.24, 2.45) is 0 Å². The van der Waals surface area contributed by atoms with E-state index in [2.05, 4.69) is 59.9 Å². The molecule has 0 fully saturated rings. The van der Waals surface area contributed by atoms with Crippen LogP contribution in [0.4, 0.5) is 5.69 Å². The van der Waals surface area contributed by atoms with Crippen LogP contribution in [-0.4, -0.2) is 36.5 Å². The van der Waals surface area contributed by atoms with E-state index in [0.29, 0.717) is 12.1 Å². The minimum atomic E-state index is -0.911. The van der Waals surface area contributed by atoms with Gasteiger partial charge >= 0.3 is 5.97 Å². The van der Waals surface area contributed by atoms with E-state index >= 15 is 0 Å². The predicted octanol–water partition coefficient (Wildman–Crippen LogP) is 5.01. The van der Waals surface area contributed by atoms with E-state index in [4.69, 9.17) is 5.11 Å². The summed E-state index contributed by atoms with van der Waals surface area (Å²) in [7, 11) is 3.38. The van der Waals surface area contributed by atoms with Gasteiger partial charge in [-0.15, -0.1) is 0 Å². The first kappa shape index (κ1) is 20.9. The van der Waals surface area contributed by atoms with Crippen molar-refractivity contribution in [3.05, 3.63) is 90.0 Å². The van der Waals surface area contributed by atoms with Gasteiger partial charge in [0, 0.05) is 26.3 Å². The van der Waals surface area contributed by atoms with Crippen molar-refractivity contribution < 1.29 is 14.7 Å². The van der Waals surface area contributed by atoms with E-state index in [1.54, 1.807) is 38.4 Å². The van der Waals surface area contributed by atoms with Crippen molar-refractivity contribution in [1.29, 1.82) is 0 Å². The Morgan fingerprint density at radius 3 is 1.87 bits per heavy atom. The Labute approximate surface area is 175 Å². The highest BCUT2D eigenvalue weighted by Crippen LogP contribution is 2.29. The molecule has 1 amide bonds. The molecule has 4 aromatic carbocycles. The van der Waals surface area contributed by atoms with E-state index in [1.807, 2.05) is 0 Å². The second-order valence-electron chi connectivity index (χ2n) is 7.10. The number of carboxylic acids is 1. The van der Waals surface area contributed by atoms with Gasteiger partial charge < -0.3 is 15.3 Å². The molecule has 4 aromatic rings. The van der Waals surface area contributed by atoms with E-state index < -0.39 is 5.97 Å². The van der Waals surface area contributed by atoms with Crippen molar-refractivity contribution in [3.63, 3.8) is 0 Å². The van der Waals surface area contributed by atoms with Gasteiger partial charge in [-0.1, -0.05) is 48.5 Å². The zero-order valence-corrected chi connectivity index (χ0v) is 17.0. The van der Waals surface area contributed by atoms with Gasteiger partial charge in [-0.3, -0.25) is 4.79 Å². The molecule has 152 valence electrons. The average molecular weight is 400 g/mol. The molecule has 0 bridgehead atoms. The quantitative estimate of drug-likeness (QED) is 0.365. The SMILES string of the molecule is CN(C)C=O.O=C(O)c1ccc(NCc2c3ccccc3cc3ccccc23)cc1. The van der Waals surface area contributed by atoms with E-state index in [1.165, 1.54) is 32.0 Å². The van der Waals surface area contributed by atoms with Gasteiger partial charge in [-0.2, -0.15) is 0 Å². The molecular formula is C25H24N2O3. The zero-order valence-electron chi connectivity index (χ0n) is 17.0. The van der Waals surface area contributed by atoms with Crippen molar-refractivity contribution in [2.45, 2.75) is 6.54 Å². The van der Waals surface area contributed by atoms with Crippen LogP contribution in [0.25, 0.3) is 21.5 Å². The van der Waals surface area contributed by atoms with Crippen LogP contribution in [-0.2, 0) is 11.3 Å². The largest absolute Gasteiger partial charge is 0.478 e. The summed E-state index contributed by atoms with van der Waals surface area (Å²) in [5.41, 5.74) is 2.44. The Kier molecular flexibility index (Phi) is 6.65. The molecule has 0 aromatic heterocycles. The summed E-state index contributed by atoms with van der Waals surface area (Å²) in [6, 6.07) is 25.8. The fraction of sp³-hybridized carbons (Fsp3) is 0.120. The van der Waals surface area contributed by atoms with Gasteiger partial charge in [0.2, 0.25) is 6.41 Å². The molecule has 0 atom stereocenters. The third-order valence-corrected chi connectivity index (χ3v) is 4.69. The smallest absolute Gasteiger partial charge is 0.335 e. The van der Waals surface area contributed by atoms with Crippen LogP contribution in [0.5, 0.6) is 0 Å². The Morgan fingerprint density at radius 1 is 0.900 bits per heavy atom. The molecule has 0 aliphatic rings. The lowest BCUT2D eigenvalue weighted by molar-refractivity contribution is -0.115. The Bertz CT molecular complexity index is 1110. The van der Waals surface area contributed by atoms with Crippen molar-refractivity contribution in [1.82, 2.24) is 4.90 Å². The molecule has 5 nitrogen and oxygen atoms in total. The second kappa shape index (κ2) is 9.56. The summed E-state index contributed by atoms with van der Waals surface area (Å²) < 4.78 is 0. The number of hydrogen-bond donors (Lipinski definition) is 2. The molecule has 30 heavy (non-hydrogen) atoms. The van der Waals surface area contributed by atoms with Crippen molar-refractivity contribution in [2.75, 3.05) is 19.4 Å². The molecular weight excluding hydrogens is 376 g/mol. The molecule has 0 radical (unpaired) electrons. The van der Waals surface area contributed by atoms with E-state index in [-0.39, 0.29) is 0 Å². The van der Waals surface area contributed by atoms with Gasteiger partial charge in [0.05, 0.1) is 5.56 Å². The summed E-state index contributed by atoms with van der Waals surface area (Å²) in [6.07, 6.45) is 0.750. The van der Waals surface area contributed by atoms with Crippen LogP contribution in [0.3, 0.4) is 0 Å². The van der Waals surface area contributed by atoms with E-state index in [9.17, 15) is 9.59 Å². The fourth-order valence-electron chi connectivity index (χ4n) is 3.22. The second-order valence-corrected chi connectivity index (χ2v) is 7.10. The molecule has 5 heteroatoms. The zero-order chi connectivity index (χ0) is 21.5. The third kappa shape index (κ3) is 4.94. The van der Waals surface area contributed by atoms with E-state index in [0.717, 1.165) is 12.1 Å². The summed E-state index contributed by atoms with van der Waals surface area (Å²) in [6.45, 7) is 0.675. The minimum Gasteiger partial charge on any atom is -0.478 e. The number of hydrogen-bond acceptors (Lipinski definition) is 3. The Hall–Kier alpha value is -3.86. The third-order valence-electron chi connectivity index (χ3n) is 4.69. The van der Waals surface area contributed by atoms with Gasteiger partial charge in [-0.05, 0) is 57.4 Å². The maximum atomic E-state index is 11.0. The maximum absolute atomic E-state index is 11.0. The number of carbonyl (C=O) groups is 2. The molecule has 0 saturated heterocycles. The van der Waals surface area contributed by atoms with Crippen LogP contribution in [0, 0.1) is 0 Å².